The Morgan fingerprint density at radius 1 is 1.35 bits per heavy atom. The molecule has 1 rings (SSSR count). The van der Waals surface area contributed by atoms with E-state index in [0.717, 1.165) is 0 Å². The summed E-state index contributed by atoms with van der Waals surface area (Å²) in [4.78, 5) is 22.6. The molecule has 128 valence electrons. The molecule has 0 fully saturated rings. The van der Waals surface area contributed by atoms with Crippen molar-refractivity contribution in [2.24, 2.45) is 5.92 Å². The highest BCUT2D eigenvalue weighted by atomic mass is 16.6. The highest BCUT2D eigenvalue weighted by Crippen LogP contribution is 2.21. The molecule has 0 heterocycles. The second-order valence-electron chi connectivity index (χ2n) is 5.79. The van der Waals surface area contributed by atoms with E-state index in [2.05, 4.69) is 10.6 Å². The smallest absolute Gasteiger partial charge is 0.315 e. The maximum absolute atomic E-state index is 12.2. The zero-order chi connectivity index (χ0) is 17.4. The van der Waals surface area contributed by atoms with Crippen LogP contribution in [0.5, 0.6) is 0 Å². The number of non-ortho nitro benzene ring substituents is 1. The fraction of sp³-hybridized carbons (Fsp3) is 0.562. The Bertz CT molecular complexity index is 534. The largest absolute Gasteiger partial charge is 0.396 e. The minimum atomic E-state index is -0.452. The van der Waals surface area contributed by atoms with E-state index in [-0.39, 0.29) is 36.3 Å². The minimum Gasteiger partial charge on any atom is -0.396 e. The monoisotopic (exact) mass is 323 g/mol. The number of nitro groups is 1. The van der Waals surface area contributed by atoms with Gasteiger partial charge in [-0.05, 0) is 24.3 Å². The Kier molecular flexibility index (Phi) is 7.47. The van der Waals surface area contributed by atoms with Gasteiger partial charge >= 0.3 is 6.03 Å². The number of hydrogen-bond donors (Lipinski definition) is 3. The summed E-state index contributed by atoms with van der Waals surface area (Å²) in [6.45, 7) is 5.85. The maximum atomic E-state index is 12.2. The first-order chi connectivity index (χ1) is 10.9. The van der Waals surface area contributed by atoms with Crippen molar-refractivity contribution in [2.75, 3.05) is 6.61 Å². The Hall–Kier alpha value is -2.15. The van der Waals surface area contributed by atoms with Gasteiger partial charge in [-0.15, -0.1) is 0 Å². The van der Waals surface area contributed by atoms with Gasteiger partial charge < -0.3 is 15.7 Å². The molecule has 2 atom stereocenters. The number of aliphatic hydroxyl groups is 1. The van der Waals surface area contributed by atoms with Crippen LogP contribution in [0, 0.1) is 16.0 Å². The molecule has 2 unspecified atom stereocenters. The van der Waals surface area contributed by atoms with E-state index in [0.29, 0.717) is 18.4 Å². The number of nitrogens with one attached hydrogen (secondary N) is 2. The molecular formula is C16H25N3O4. The molecule has 1 aromatic carbocycles. The first-order valence-electron chi connectivity index (χ1n) is 7.81. The minimum absolute atomic E-state index is 0.00324. The standard InChI is InChI=1S/C16H25N3O4/c1-4-14(12-6-5-7-13(10-12)19(22)23)17-16(21)18-15(8-9-20)11(2)3/h5-7,10-11,14-15,20H,4,8-9H2,1-3H3,(H2,17,18,21). The van der Waals surface area contributed by atoms with E-state index >= 15 is 0 Å². The highest BCUT2D eigenvalue weighted by molar-refractivity contribution is 5.74. The molecule has 1 aromatic rings. The van der Waals surface area contributed by atoms with Crippen LogP contribution in [0.2, 0.25) is 0 Å². The predicted octanol–water partition coefficient (Wildman–Crippen LogP) is 2.75. The normalized spacial score (nSPS) is 13.4. The number of amides is 2. The van der Waals surface area contributed by atoms with Crippen LogP contribution in [0.3, 0.4) is 0 Å². The van der Waals surface area contributed by atoms with Crippen LogP contribution in [0.4, 0.5) is 10.5 Å². The van der Waals surface area contributed by atoms with E-state index in [4.69, 9.17) is 5.11 Å². The van der Waals surface area contributed by atoms with Crippen LogP contribution in [0.1, 0.15) is 45.2 Å². The first kappa shape index (κ1) is 18.9. The molecule has 0 bridgehead atoms. The molecule has 0 aliphatic rings. The van der Waals surface area contributed by atoms with Gasteiger partial charge in [-0.25, -0.2) is 4.79 Å². The van der Waals surface area contributed by atoms with Crippen LogP contribution in [-0.2, 0) is 0 Å². The molecule has 0 aromatic heterocycles. The quantitative estimate of drug-likeness (QED) is 0.505. The number of nitrogens with zero attached hydrogens (tertiary/aromatic N) is 1. The third-order valence-corrected chi connectivity index (χ3v) is 3.76. The third kappa shape index (κ3) is 5.86. The molecule has 0 aliphatic carbocycles. The van der Waals surface area contributed by atoms with Crippen molar-refractivity contribution in [3.05, 3.63) is 39.9 Å². The van der Waals surface area contributed by atoms with Crippen molar-refractivity contribution in [1.82, 2.24) is 10.6 Å². The summed E-state index contributed by atoms with van der Waals surface area (Å²) < 4.78 is 0. The summed E-state index contributed by atoms with van der Waals surface area (Å²) in [7, 11) is 0. The van der Waals surface area contributed by atoms with Gasteiger partial charge in [-0.3, -0.25) is 10.1 Å². The Morgan fingerprint density at radius 3 is 2.57 bits per heavy atom. The van der Waals surface area contributed by atoms with Gasteiger partial charge in [0.2, 0.25) is 0 Å². The zero-order valence-corrected chi connectivity index (χ0v) is 13.8. The van der Waals surface area contributed by atoms with Gasteiger partial charge in [-0.2, -0.15) is 0 Å². The van der Waals surface area contributed by atoms with Gasteiger partial charge in [0.05, 0.1) is 11.0 Å². The fourth-order valence-corrected chi connectivity index (χ4v) is 2.36. The summed E-state index contributed by atoms with van der Waals surface area (Å²) in [6, 6.07) is 5.50. The van der Waals surface area contributed by atoms with Crippen molar-refractivity contribution >= 4 is 11.7 Å². The lowest BCUT2D eigenvalue weighted by molar-refractivity contribution is -0.384. The van der Waals surface area contributed by atoms with Gasteiger partial charge in [0.1, 0.15) is 0 Å². The SMILES string of the molecule is CCC(NC(=O)NC(CCO)C(C)C)c1cccc([N+](=O)[O-])c1. The van der Waals surface area contributed by atoms with Crippen molar-refractivity contribution in [3.8, 4) is 0 Å². The zero-order valence-electron chi connectivity index (χ0n) is 13.8. The molecule has 2 amide bonds. The van der Waals surface area contributed by atoms with Gasteiger partial charge in [0.25, 0.3) is 5.69 Å². The number of urea groups is 1. The van der Waals surface area contributed by atoms with Gasteiger partial charge in [0.15, 0.2) is 0 Å². The topological polar surface area (TPSA) is 104 Å². The maximum Gasteiger partial charge on any atom is 0.315 e. The lowest BCUT2D eigenvalue weighted by Gasteiger charge is -2.24. The van der Waals surface area contributed by atoms with Crippen molar-refractivity contribution in [2.45, 2.75) is 45.7 Å². The second kappa shape index (κ2) is 9.09. The summed E-state index contributed by atoms with van der Waals surface area (Å²) >= 11 is 0. The molecule has 0 radical (unpaired) electrons. The number of benzene rings is 1. The summed E-state index contributed by atoms with van der Waals surface area (Å²) in [6.07, 6.45) is 1.10. The fourth-order valence-electron chi connectivity index (χ4n) is 2.36. The molecular weight excluding hydrogens is 298 g/mol. The Morgan fingerprint density at radius 2 is 2.04 bits per heavy atom. The average Bonchev–Trinajstić information content (AvgIpc) is 2.52. The molecule has 0 spiro atoms. The molecule has 7 nitrogen and oxygen atoms in total. The third-order valence-electron chi connectivity index (χ3n) is 3.76. The number of carbonyl (C=O) groups is 1. The molecule has 0 aliphatic heterocycles. The number of nitro benzene ring substituents is 1. The highest BCUT2D eigenvalue weighted by Gasteiger charge is 2.19. The van der Waals surface area contributed by atoms with Crippen LogP contribution in [-0.4, -0.2) is 28.7 Å². The van der Waals surface area contributed by atoms with Crippen molar-refractivity contribution in [1.29, 1.82) is 0 Å². The van der Waals surface area contributed by atoms with Gasteiger partial charge in [0, 0.05) is 24.8 Å². The van der Waals surface area contributed by atoms with Crippen molar-refractivity contribution in [3.63, 3.8) is 0 Å². The van der Waals surface area contributed by atoms with E-state index in [1.165, 1.54) is 12.1 Å². The van der Waals surface area contributed by atoms with E-state index in [1.807, 2.05) is 20.8 Å². The molecule has 0 saturated carbocycles. The second-order valence-corrected chi connectivity index (χ2v) is 5.79. The van der Waals surface area contributed by atoms with Gasteiger partial charge in [-0.1, -0.05) is 32.9 Å². The lowest BCUT2D eigenvalue weighted by Crippen LogP contribution is -2.45. The lowest BCUT2D eigenvalue weighted by atomic mass is 10.0. The van der Waals surface area contributed by atoms with Crippen LogP contribution in [0.25, 0.3) is 0 Å². The summed E-state index contributed by atoms with van der Waals surface area (Å²) in [5, 5.41) is 25.6. The predicted molar refractivity (Wildman–Crippen MR) is 88.1 cm³/mol. The Balaban J connectivity index is 2.77. The first-order valence-corrected chi connectivity index (χ1v) is 7.81. The molecule has 23 heavy (non-hydrogen) atoms. The van der Waals surface area contributed by atoms with E-state index in [9.17, 15) is 14.9 Å². The number of carbonyl (C=O) groups excluding carboxylic acids is 1. The van der Waals surface area contributed by atoms with Crippen LogP contribution < -0.4 is 10.6 Å². The van der Waals surface area contributed by atoms with Crippen molar-refractivity contribution < 1.29 is 14.8 Å². The molecule has 7 heteroatoms. The van der Waals surface area contributed by atoms with E-state index < -0.39 is 4.92 Å². The number of hydrogen-bond acceptors (Lipinski definition) is 4. The van der Waals surface area contributed by atoms with Crippen LogP contribution >= 0.6 is 0 Å². The molecule has 0 saturated heterocycles. The molecule has 3 N–H and O–H groups in total. The average molecular weight is 323 g/mol. The van der Waals surface area contributed by atoms with Crippen LogP contribution in [0.15, 0.2) is 24.3 Å². The number of aliphatic hydroxyl groups excluding tert-OH is 1. The van der Waals surface area contributed by atoms with E-state index in [1.54, 1.807) is 12.1 Å². The summed E-state index contributed by atoms with van der Waals surface area (Å²) in [5.41, 5.74) is 0.698. The summed E-state index contributed by atoms with van der Waals surface area (Å²) in [5.74, 6) is 0.200. The Labute approximate surface area is 136 Å². The number of rotatable bonds is 8.